The number of halogens is 1. The molecule has 0 aliphatic carbocycles. The molecule has 0 heterocycles. The summed E-state index contributed by atoms with van der Waals surface area (Å²) < 4.78 is 12.8. The molecule has 1 unspecified atom stereocenters. The summed E-state index contributed by atoms with van der Waals surface area (Å²) in [7, 11) is 0. The fraction of sp³-hybridized carbons (Fsp3) is 0.357. The molecule has 1 atom stereocenters. The number of carboxylic acids is 2. The first-order chi connectivity index (χ1) is 9.79. The highest BCUT2D eigenvalue weighted by Crippen LogP contribution is 2.08. The van der Waals surface area contributed by atoms with Gasteiger partial charge in [0.05, 0.1) is 12.3 Å². The van der Waals surface area contributed by atoms with E-state index in [-0.39, 0.29) is 13.0 Å². The number of carbonyl (C=O) groups is 3. The molecule has 0 aliphatic rings. The number of nitrogens with zero attached hydrogens (tertiary/aromatic N) is 1. The van der Waals surface area contributed by atoms with Crippen LogP contribution in [0.3, 0.4) is 0 Å². The summed E-state index contributed by atoms with van der Waals surface area (Å²) in [6.07, 6.45) is -0.111. The lowest BCUT2D eigenvalue weighted by Gasteiger charge is -2.22. The Hall–Kier alpha value is -2.44. The smallest absolute Gasteiger partial charge is 0.323 e. The summed E-state index contributed by atoms with van der Waals surface area (Å²) >= 11 is 0. The van der Waals surface area contributed by atoms with Gasteiger partial charge >= 0.3 is 11.9 Å². The fourth-order valence-corrected chi connectivity index (χ4v) is 1.72. The van der Waals surface area contributed by atoms with Crippen molar-refractivity contribution >= 4 is 17.8 Å². The topological polar surface area (TPSA) is 94.9 Å². The van der Waals surface area contributed by atoms with Gasteiger partial charge in [0.1, 0.15) is 12.4 Å². The minimum Gasteiger partial charge on any atom is -0.481 e. The molecule has 0 saturated heterocycles. The van der Waals surface area contributed by atoms with Crippen LogP contribution in [0.25, 0.3) is 0 Å². The standard InChI is InChI=1S/C14H16FNO5/c1-9(14(20)21)7-16(8-13(18)19)12(17)6-10-2-4-11(15)5-3-10/h2-5,9H,6-8H2,1H3,(H,18,19)(H,20,21). The van der Waals surface area contributed by atoms with Crippen LogP contribution in [0.4, 0.5) is 4.39 Å². The quantitative estimate of drug-likeness (QED) is 0.783. The van der Waals surface area contributed by atoms with Crippen molar-refractivity contribution in [2.45, 2.75) is 13.3 Å². The Balaban J connectivity index is 2.76. The summed E-state index contributed by atoms with van der Waals surface area (Å²) in [5.41, 5.74) is 0.528. The third-order valence-corrected chi connectivity index (χ3v) is 2.86. The lowest BCUT2D eigenvalue weighted by atomic mass is 10.1. The maximum Gasteiger partial charge on any atom is 0.323 e. The Bertz CT molecular complexity index is 529. The first-order valence-corrected chi connectivity index (χ1v) is 6.26. The van der Waals surface area contributed by atoms with Crippen LogP contribution in [0.5, 0.6) is 0 Å². The number of carbonyl (C=O) groups excluding carboxylic acids is 1. The van der Waals surface area contributed by atoms with Crippen molar-refractivity contribution < 1.29 is 29.0 Å². The average molecular weight is 297 g/mol. The van der Waals surface area contributed by atoms with Crippen LogP contribution in [0.1, 0.15) is 12.5 Å². The lowest BCUT2D eigenvalue weighted by Crippen LogP contribution is -2.41. The highest BCUT2D eigenvalue weighted by atomic mass is 19.1. The fourth-order valence-electron chi connectivity index (χ4n) is 1.72. The van der Waals surface area contributed by atoms with Crippen LogP contribution >= 0.6 is 0 Å². The maximum absolute atomic E-state index is 12.8. The molecule has 0 fully saturated rings. The molecular weight excluding hydrogens is 281 g/mol. The third kappa shape index (κ3) is 5.60. The summed E-state index contributed by atoms with van der Waals surface area (Å²) in [6.45, 7) is 0.627. The van der Waals surface area contributed by atoms with Gasteiger partial charge in [-0.15, -0.1) is 0 Å². The molecule has 0 bridgehead atoms. The van der Waals surface area contributed by atoms with E-state index in [1.165, 1.54) is 31.2 Å². The van der Waals surface area contributed by atoms with Gasteiger partial charge in [0.25, 0.3) is 0 Å². The molecule has 7 heteroatoms. The molecule has 114 valence electrons. The van der Waals surface area contributed by atoms with E-state index in [1.807, 2.05) is 0 Å². The maximum atomic E-state index is 12.8. The monoisotopic (exact) mass is 297 g/mol. The van der Waals surface area contributed by atoms with E-state index in [9.17, 15) is 18.8 Å². The Labute approximate surface area is 120 Å². The molecule has 1 amide bonds. The SMILES string of the molecule is CC(CN(CC(=O)O)C(=O)Cc1ccc(F)cc1)C(=O)O. The largest absolute Gasteiger partial charge is 0.481 e. The van der Waals surface area contributed by atoms with Crippen LogP contribution in [-0.4, -0.2) is 46.0 Å². The Kier molecular flexibility index (Phi) is 5.83. The van der Waals surface area contributed by atoms with Gasteiger partial charge in [0.2, 0.25) is 5.91 Å². The summed E-state index contributed by atoms with van der Waals surface area (Å²) in [5.74, 6) is -4.16. The second-order valence-electron chi connectivity index (χ2n) is 4.71. The van der Waals surface area contributed by atoms with Crippen LogP contribution in [0.2, 0.25) is 0 Å². The molecule has 6 nitrogen and oxygen atoms in total. The normalized spacial score (nSPS) is 11.7. The zero-order valence-electron chi connectivity index (χ0n) is 11.5. The number of amides is 1. The molecule has 0 saturated carbocycles. The zero-order valence-corrected chi connectivity index (χ0v) is 11.5. The van der Waals surface area contributed by atoms with Gasteiger partial charge in [-0.3, -0.25) is 14.4 Å². The summed E-state index contributed by atoms with van der Waals surface area (Å²) in [5, 5.41) is 17.6. The Morgan fingerprint density at radius 1 is 1.19 bits per heavy atom. The molecule has 2 N–H and O–H groups in total. The molecule has 21 heavy (non-hydrogen) atoms. The lowest BCUT2D eigenvalue weighted by molar-refractivity contribution is -0.148. The van der Waals surface area contributed by atoms with Gasteiger partial charge < -0.3 is 15.1 Å². The second kappa shape index (κ2) is 7.37. The predicted octanol–water partition coefficient (Wildman–Crippen LogP) is 1.00. The Morgan fingerprint density at radius 3 is 2.24 bits per heavy atom. The van der Waals surface area contributed by atoms with E-state index >= 15 is 0 Å². The van der Waals surface area contributed by atoms with E-state index in [0.717, 1.165) is 4.90 Å². The van der Waals surface area contributed by atoms with E-state index in [1.54, 1.807) is 0 Å². The second-order valence-corrected chi connectivity index (χ2v) is 4.71. The van der Waals surface area contributed by atoms with Crippen LogP contribution in [0, 0.1) is 11.7 Å². The van der Waals surface area contributed by atoms with E-state index in [2.05, 4.69) is 0 Å². The molecule has 0 aliphatic heterocycles. The minimum atomic E-state index is -1.22. The number of hydrogen-bond donors (Lipinski definition) is 2. The first kappa shape index (κ1) is 16.6. The average Bonchev–Trinajstić information content (AvgIpc) is 2.39. The molecule has 0 aromatic heterocycles. The van der Waals surface area contributed by atoms with Crippen molar-refractivity contribution in [1.82, 2.24) is 4.90 Å². The van der Waals surface area contributed by atoms with Crippen molar-refractivity contribution in [3.05, 3.63) is 35.6 Å². The van der Waals surface area contributed by atoms with E-state index in [4.69, 9.17) is 10.2 Å². The molecule has 0 spiro atoms. The van der Waals surface area contributed by atoms with Gasteiger partial charge in [-0.1, -0.05) is 19.1 Å². The summed E-state index contributed by atoms with van der Waals surface area (Å²) in [4.78, 5) is 34.6. The molecule has 0 radical (unpaired) electrons. The van der Waals surface area contributed by atoms with Crippen molar-refractivity contribution in [3.8, 4) is 0 Å². The number of rotatable bonds is 7. The number of benzene rings is 1. The van der Waals surface area contributed by atoms with Crippen molar-refractivity contribution in [1.29, 1.82) is 0 Å². The summed E-state index contributed by atoms with van der Waals surface area (Å²) in [6, 6.07) is 5.24. The third-order valence-electron chi connectivity index (χ3n) is 2.86. The first-order valence-electron chi connectivity index (χ1n) is 6.26. The predicted molar refractivity (Wildman–Crippen MR) is 71.1 cm³/mol. The number of hydrogen-bond acceptors (Lipinski definition) is 3. The van der Waals surface area contributed by atoms with Crippen molar-refractivity contribution in [2.24, 2.45) is 5.92 Å². The molecule has 1 aromatic rings. The van der Waals surface area contributed by atoms with Crippen LogP contribution in [-0.2, 0) is 20.8 Å². The van der Waals surface area contributed by atoms with Crippen molar-refractivity contribution in [2.75, 3.05) is 13.1 Å². The zero-order chi connectivity index (χ0) is 16.0. The minimum absolute atomic E-state index is 0.111. The number of carboxylic acid groups (broad SMARTS) is 2. The van der Waals surface area contributed by atoms with Gasteiger partial charge in [0, 0.05) is 6.54 Å². The van der Waals surface area contributed by atoms with Gasteiger partial charge in [-0.05, 0) is 17.7 Å². The highest BCUT2D eigenvalue weighted by Gasteiger charge is 2.22. The molecule has 1 rings (SSSR count). The van der Waals surface area contributed by atoms with E-state index in [0.29, 0.717) is 5.56 Å². The molecule has 1 aromatic carbocycles. The number of aliphatic carboxylic acids is 2. The van der Waals surface area contributed by atoms with E-state index < -0.39 is 36.1 Å². The van der Waals surface area contributed by atoms with Gasteiger partial charge in [0.15, 0.2) is 0 Å². The molecular formula is C14H16FNO5. The van der Waals surface area contributed by atoms with Crippen LogP contribution < -0.4 is 0 Å². The van der Waals surface area contributed by atoms with Gasteiger partial charge in [-0.25, -0.2) is 4.39 Å². The Morgan fingerprint density at radius 2 is 1.76 bits per heavy atom. The highest BCUT2D eigenvalue weighted by molar-refractivity contribution is 5.83. The van der Waals surface area contributed by atoms with Crippen molar-refractivity contribution in [3.63, 3.8) is 0 Å². The van der Waals surface area contributed by atoms with Crippen LogP contribution in [0.15, 0.2) is 24.3 Å². The van der Waals surface area contributed by atoms with Gasteiger partial charge in [-0.2, -0.15) is 0 Å².